The van der Waals surface area contributed by atoms with Crippen molar-refractivity contribution in [2.45, 2.75) is 6.42 Å². The predicted molar refractivity (Wildman–Crippen MR) is 65.1 cm³/mol. The first-order valence-corrected chi connectivity index (χ1v) is 5.70. The monoisotopic (exact) mass is 247 g/mol. The number of nitrogens with zero attached hydrogens (tertiary/aromatic N) is 3. The van der Waals surface area contributed by atoms with E-state index in [1.54, 1.807) is 0 Å². The summed E-state index contributed by atoms with van der Waals surface area (Å²) < 4.78 is 0. The third-order valence-corrected chi connectivity index (χ3v) is 2.93. The van der Waals surface area contributed by atoms with Gasteiger partial charge >= 0.3 is 0 Å². The van der Waals surface area contributed by atoms with Crippen molar-refractivity contribution in [3.8, 4) is 6.07 Å². The highest BCUT2D eigenvalue weighted by atomic mass is 16.6. The maximum Gasteiger partial charge on any atom is 0.289 e. The zero-order chi connectivity index (χ0) is 13.0. The van der Waals surface area contributed by atoms with Gasteiger partial charge in [0.2, 0.25) is 0 Å². The van der Waals surface area contributed by atoms with Crippen LogP contribution in [0.1, 0.15) is 12.0 Å². The molecule has 7 heteroatoms. The van der Waals surface area contributed by atoms with Crippen LogP contribution in [-0.2, 0) is 0 Å². The van der Waals surface area contributed by atoms with Gasteiger partial charge in [-0.15, -0.1) is 0 Å². The Morgan fingerprint density at radius 1 is 1.72 bits per heavy atom. The lowest BCUT2D eigenvalue weighted by molar-refractivity contribution is -0.385. The summed E-state index contributed by atoms with van der Waals surface area (Å²) in [6, 6.07) is 3.16. The van der Waals surface area contributed by atoms with E-state index in [0.717, 1.165) is 25.7 Å². The van der Waals surface area contributed by atoms with Crippen molar-refractivity contribution in [2.24, 2.45) is 5.92 Å². The molecule has 0 spiro atoms. The Hall–Kier alpha value is -2.20. The molecule has 0 saturated carbocycles. The van der Waals surface area contributed by atoms with Crippen molar-refractivity contribution < 1.29 is 4.92 Å². The molecule has 1 atom stereocenters. The van der Waals surface area contributed by atoms with Gasteiger partial charge < -0.3 is 10.6 Å². The third kappa shape index (κ3) is 2.73. The molecule has 2 heterocycles. The summed E-state index contributed by atoms with van der Waals surface area (Å²) in [6.45, 7) is 2.67. The molecular formula is C11H13N5O2. The van der Waals surface area contributed by atoms with E-state index >= 15 is 0 Å². The maximum absolute atomic E-state index is 10.6. The van der Waals surface area contributed by atoms with Gasteiger partial charge in [0.1, 0.15) is 23.6 Å². The second kappa shape index (κ2) is 5.42. The molecule has 2 N–H and O–H groups in total. The molecule has 1 aromatic rings. The fourth-order valence-electron chi connectivity index (χ4n) is 1.91. The first kappa shape index (κ1) is 12.3. The molecule has 1 fully saturated rings. The van der Waals surface area contributed by atoms with E-state index in [1.165, 1.54) is 6.07 Å². The van der Waals surface area contributed by atoms with Crippen LogP contribution in [-0.4, -0.2) is 29.5 Å². The minimum absolute atomic E-state index is 0.167. The first-order chi connectivity index (χ1) is 8.70. The molecule has 1 aromatic heterocycles. The van der Waals surface area contributed by atoms with Crippen LogP contribution in [0.3, 0.4) is 0 Å². The van der Waals surface area contributed by atoms with Gasteiger partial charge in [0.25, 0.3) is 5.69 Å². The number of rotatable bonds is 4. The fraction of sp³-hybridized carbons (Fsp3) is 0.455. The average molecular weight is 247 g/mol. The number of nitriles is 1. The molecule has 0 amide bonds. The maximum atomic E-state index is 10.6. The van der Waals surface area contributed by atoms with Gasteiger partial charge in [-0.25, -0.2) is 4.98 Å². The van der Waals surface area contributed by atoms with Crippen molar-refractivity contribution in [1.82, 2.24) is 10.3 Å². The summed E-state index contributed by atoms with van der Waals surface area (Å²) in [5, 5.41) is 25.8. The Balaban J connectivity index is 2.07. The Kier molecular flexibility index (Phi) is 3.69. The Labute approximate surface area is 104 Å². The van der Waals surface area contributed by atoms with Crippen LogP contribution in [0.4, 0.5) is 11.5 Å². The largest absolute Gasteiger partial charge is 0.369 e. The van der Waals surface area contributed by atoms with Gasteiger partial charge in [0, 0.05) is 12.6 Å². The molecule has 1 unspecified atom stereocenters. The Morgan fingerprint density at radius 2 is 2.56 bits per heavy atom. The summed E-state index contributed by atoms with van der Waals surface area (Å²) in [4.78, 5) is 14.0. The number of aromatic nitrogens is 1. The molecule has 2 rings (SSSR count). The van der Waals surface area contributed by atoms with Crippen LogP contribution >= 0.6 is 0 Å². The third-order valence-electron chi connectivity index (χ3n) is 2.93. The van der Waals surface area contributed by atoms with Crippen LogP contribution < -0.4 is 10.6 Å². The van der Waals surface area contributed by atoms with Gasteiger partial charge in [-0.3, -0.25) is 10.1 Å². The van der Waals surface area contributed by atoms with Crippen LogP contribution in [0.2, 0.25) is 0 Å². The number of hydrogen-bond donors (Lipinski definition) is 2. The van der Waals surface area contributed by atoms with E-state index in [0.29, 0.717) is 18.3 Å². The summed E-state index contributed by atoms with van der Waals surface area (Å²) in [5.74, 6) is 0.920. The molecule has 94 valence electrons. The quantitative estimate of drug-likeness (QED) is 0.604. The lowest BCUT2D eigenvalue weighted by Gasteiger charge is -2.11. The van der Waals surface area contributed by atoms with Crippen LogP contribution in [0, 0.1) is 27.4 Å². The summed E-state index contributed by atoms with van der Waals surface area (Å²) >= 11 is 0. The second-order valence-electron chi connectivity index (χ2n) is 4.20. The minimum atomic E-state index is -0.557. The van der Waals surface area contributed by atoms with Crippen LogP contribution in [0.25, 0.3) is 0 Å². The zero-order valence-electron chi connectivity index (χ0n) is 9.72. The minimum Gasteiger partial charge on any atom is -0.369 e. The predicted octanol–water partition coefficient (Wildman–Crippen LogP) is 0.883. The second-order valence-corrected chi connectivity index (χ2v) is 4.20. The SMILES string of the molecule is N#Cc1cc([N+](=O)[O-])cnc1NCC1CCNC1. The standard InChI is InChI=1S/C11H13N5O2/c12-4-9-3-10(16(17)18)7-15-11(9)14-6-8-1-2-13-5-8/h3,7-8,13H,1-2,5-6H2,(H,14,15). The van der Waals surface area contributed by atoms with Gasteiger partial charge in [-0.2, -0.15) is 5.26 Å². The molecule has 18 heavy (non-hydrogen) atoms. The lowest BCUT2D eigenvalue weighted by atomic mass is 10.1. The highest BCUT2D eigenvalue weighted by molar-refractivity contribution is 5.55. The number of nitro groups is 1. The molecular weight excluding hydrogens is 234 g/mol. The molecule has 1 aliphatic rings. The molecule has 0 aliphatic carbocycles. The number of anilines is 1. The number of pyridine rings is 1. The molecule has 0 radical (unpaired) electrons. The highest BCUT2D eigenvalue weighted by Crippen LogP contribution is 2.19. The van der Waals surface area contributed by atoms with Crippen LogP contribution in [0.15, 0.2) is 12.3 Å². The number of nitrogens with one attached hydrogen (secondary N) is 2. The highest BCUT2D eigenvalue weighted by Gasteiger charge is 2.16. The van der Waals surface area contributed by atoms with Crippen molar-refractivity contribution in [3.05, 3.63) is 27.9 Å². The summed E-state index contributed by atoms with van der Waals surface area (Å²) in [6.07, 6.45) is 2.25. The summed E-state index contributed by atoms with van der Waals surface area (Å²) in [7, 11) is 0. The zero-order valence-corrected chi connectivity index (χ0v) is 9.72. The molecule has 1 saturated heterocycles. The van der Waals surface area contributed by atoms with Crippen molar-refractivity contribution in [1.29, 1.82) is 5.26 Å². The van der Waals surface area contributed by atoms with E-state index in [9.17, 15) is 10.1 Å². The van der Waals surface area contributed by atoms with Gasteiger partial charge in [0.15, 0.2) is 0 Å². The molecule has 7 nitrogen and oxygen atoms in total. The van der Waals surface area contributed by atoms with E-state index in [-0.39, 0.29) is 11.3 Å². The van der Waals surface area contributed by atoms with E-state index in [4.69, 9.17) is 5.26 Å². The summed E-state index contributed by atoms with van der Waals surface area (Å²) in [5.41, 5.74) is 0.0368. The molecule has 0 aromatic carbocycles. The molecule has 0 bridgehead atoms. The van der Waals surface area contributed by atoms with E-state index in [1.807, 2.05) is 6.07 Å². The fourth-order valence-corrected chi connectivity index (χ4v) is 1.91. The average Bonchev–Trinajstić information content (AvgIpc) is 2.89. The van der Waals surface area contributed by atoms with Crippen molar-refractivity contribution in [3.63, 3.8) is 0 Å². The molecule has 1 aliphatic heterocycles. The van der Waals surface area contributed by atoms with Gasteiger partial charge in [0.05, 0.1) is 4.92 Å². The van der Waals surface area contributed by atoms with Crippen molar-refractivity contribution >= 4 is 11.5 Å². The number of hydrogen-bond acceptors (Lipinski definition) is 6. The van der Waals surface area contributed by atoms with Gasteiger partial charge in [-0.05, 0) is 25.4 Å². The first-order valence-electron chi connectivity index (χ1n) is 5.70. The van der Waals surface area contributed by atoms with Crippen LogP contribution in [0.5, 0.6) is 0 Å². The van der Waals surface area contributed by atoms with Crippen molar-refractivity contribution in [2.75, 3.05) is 25.0 Å². The van der Waals surface area contributed by atoms with E-state index in [2.05, 4.69) is 15.6 Å². The topological polar surface area (TPSA) is 104 Å². The van der Waals surface area contributed by atoms with E-state index < -0.39 is 4.92 Å². The normalized spacial score (nSPS) is 18.3. The Morgan fingerprint density at radius 3 is 3.17 bits per heavy atom. The Bertz CT molecular complexity index is 491. The van der Waals surface area contributed by atoms with Gasteiger partial charge in [-0.1, -0.05) is 0 Å². The smallest absolute Gasteiger partial charge is 0.289 e. The lowest BCUT2D eigenvalue weighted by Crippen LogP contribution is -2.18.